The van der Waals surface area contributed by atoms with Crippen molar-refractivity contribution in [1.29, 1.82) is 0 Å². The van der Waals surface area contributed by atoms with Crippen LogP contribution < -0.4 is 4.74 Å². The zero-order chi connectivity index (χ0) is 7.56. The van der Waals surface area contributed by atoms with Crippen LogP contribution in [-0.2, 0) is 0 Å². The van der Waals surface area contributed by atoms with Crippen molar-refractivity contribution < 1.29 is 9.13 Å². The van der Waals surface area contributed by atoms with E-state index in [-0.39, 0.29) is 5.75 Å². The van der Waals surface area contributed by atoms with Gasteiger partial charge in [-0.3, -0.25) is 4.98 Å². The first-order valence-electron chi connectivity index (χ1n) is 2.58. The Hall–Kier alpha value is -0.390. The zero-order valence-corrected chi connectivity index (χ0v) is 7.42. The molecule has 0 N–H and O–H groups in total. The fraction of sp³-hybridized carbons (Fsp3) is 0.167. The van der Waals surface area contributed by atoms with E-state index in [0.29, 0.717) is 3.57 Å². The summed E-state index contributed by atoms with van der Waals surface area (Å²) < 4.78 is 18.1. The third kappa shape index (κ3) is 1.36. The van der Waals surface area contributed by atoms with Gasteiger partial charge in [0, 0.05) is 6.20 Å². The van der Waals surface area contributed by atoms with Crippen molar-refractivity contribution in [3.8, 4) is 5.75 Å². The van der Waals surface area contributed by atoms with Crippen LogP contribution in [0.3, 0.4) is 0 Å². The number of aromatic nitrogens is 1. The van der Waals surface area contributed by atoms with Crippen LogP contribution in [-0.4, -0.2) is 12.1 Å². The zero-order valence-electron chi connectivity index (χ0n) is 5.27. The second-order valence-corrected chi connectivity index (χ2v) is 2.80. The minimum atomic E-state index is -0.422. The van der Waals surface area contributed by atoms with Gasteiger partial charge >= 0.3 is 0 Å². The highest BCUT2D eigenvalue weighted by atomic mass is 127. The van der Waals surface area contributed by atoms with Crippen LogP contribution in [0.2, 0.25) is 0 Å². The fourth-order valence-electron chi connectivity index (χ4n) is 0.594. The Morgan fingerprint density at radius 3 is 2.70 bits per heavy atom. The molecule has 0 bridgehead atoms. The van der Waals surface area contributed by atoms with E-state index in [4.69, 9.17) is 4.74 Å². The van der Waals surface area contributed by atoms with E-state index in [2.05, 4.69) is 4.98 Å². The standard InChI is InChI=1S/C6H5FINO/c1-10-6-4(7)2-9-3-5(6)8/h2-3H,1H3. The summed E-state index contributed by atoms with van der Waals surface area (Å²) in [6.45, 7) is 0. The summed E-state index contributed by atoms with van der Waals surface area (Å²) in [4.78, 5) is 3.63. The normalized spacial score (nSPS) is 9.50. The molecule has 1 rings (SSSR count). The Bertz CT molecular complexity index is 221. The molecule has 1 heterocycles. The van der Waals surface area contributed by atoms with Crippen molar-refractivity contribution in [2.75, 3.05) is 7.11 Å². The van der Waals surface area contributed by atoms with E-state index in [9.17, 15) is 4.39 Å². The van der Waals surface area contributed by atoms with Crippen LogP contribution in [0.5, 0.6) is 5.75 Å². The molecule has 0 aliphatic rings. The maximum Gasteiger partial charge on any atom is 0.184 e. The third-order valence-electron chi connectivity index (χ3n) is 1.01. The Labute approximate surface area is 71.6 Å². The summed E-state index contributed by atoms with van der Waals surface area (Å²) in [6, 6.07) is 0. The quantitative estimate of drug-likeness (QED) is 0.712. The van der Waals surface area contributed by atoms with Gasteiger partial charge in [-0.2, -0.15) is 0 Å². The fourth-order valence-corrected chi connectivity index (χ4v) is 1.23. The minimum Gasteiger partial charge on any atom is -0.492 e. The van der Waals surface area contributed by atoms with Crippen LogP contribution in [0.15, 0.2) is 12.4 Å². The van der Waals surface area contributed by atoms with Gasteiger partial charge in [-0.1, -0.05) is 0 Å². The van der Waals surface area contributed by atoms with E-state index < -0.39 is 5.82 Å². The average Bonchev–Trinajstić information content (AvgIpc) is 1.88. The van der Waals surface area contributed by atoms with E-state index in [1.54, 1.807) is 6.20 Å². The van der Waals surface area contributed by atoms with Gasteiger partial charge in [-0.15, -0.1) is 0 Å². The Morgan fingerprint density at radius 2 is 2.30 bits per heavy atom. The van der Waals surface area contributed by atoms with Crippen molar-refractivity contribution >= 4 is 22.6 Å². The summed E-state index contributed by atoms with van der Waals surface area (Å²) in [5, 5.41) is 0. The van der Waals surface area contributed by atoms with E-state index in [0.717, 1.165) is 6.20 Å². The predicted molar refractivity (Wildman–Crippen MR) is 43.5 cm³/mol. The highest BCUT2D eigenvalue weighted by Crippen LogP contribution is 2.21. The molecule has 4 heteroatoms. The summed E-state index contributed by atoms with van der Waals surface area (Å²) >= 11 is 1.96. The summed E-state index contributed by atoms with van der Waals surface area (Å²) in [5.74, 6) is -0.162. The van der Waals surface area contributed by atoms with Gasteiger partial charge < -0.3 is 4.74 Å². The van der Waals surface area contributed by atoms with Gasteiger partial charge in [-0.25, -0.2) is 4.39 Å². The van der Waals surface area contributed by atoms with Gasteiger partial charge in [0.1, 0.15) is 0 Å². The van der Waals surface area contributed by atoms with Crippen molar-refractivity contribution in [2.45, 2.75) is 0 Å². The van der Waals surface area contributed by atoms with E-state index in [1.165, 1.54) is 7.11 Å². The molecule has 0 spiro atoms. The van der Waals surface area contributed by atoms with E-state index in [1.807, 2.05) is 22.6 Å². The SMILES string of the molecule is COc1c(F)cncc1I. The molecule has 0 atom stereocenters. The Kier molecular flexibility index (Phi) is 2.42. The Balaban J connectivity index is 3.17. The molecule has 0 radical (unpaired) electrons. The van der Waals surface area contributed by atoms with E-state index >= 15 is 0 Å². The second kappa shape index (κ2) is 3.14. The highest BCUT2D eigenvalue weighted by molar-refractivity contribution is 14.1. The van der Waals surface area contributed by atoms with Crippen molar-refractivity contribution in [2.24, 2.45) is 0 Å². The monoisotopic (exact) mass is 253 g/mol. The van der Waals surface area contributed by atoms with Crippen LogP contribution >= 0.6 is 22.6 Å². The molecule has 0 fully saturated rings. The van der Waals surface area contributed by atoms with Gasteiger partial charge in [0.15, 0.2) is 11.6 Å². The number of methoxy groups -OCH3 is 1. The number of hydrogen-bond donors (Lipinski definition) is 0. The first-order chi connectivity index (χ1) is 4.75. The lowest BCUT2D eigenvalue weighted by atomic mass is 10.4. The molecule has 0 aliphatic carbocycles. The second-order valence-electron chi connectivity index (χ2n) is 1.64. The van der Waals surface area contributed by atoms with Crippen LogP contribution in [0.1, 0.15) is 0 Å². The van der Waals surface area contributed by atoms with Crippen molar-refractivity contribution in [3.63, 3.8) is 0 Å². The average molecular weight is 253 g/mol. The number of ether oxygens (including phenoxy) is 1. The third-order valence-corrected chi connectivity index (χ3v) is 1.78. The first-order valence-corrected chi connectivity index (χ1v) is 3.66. The molecule has 2 nitrogen and oxygen atoms in total. The topological polar surface area (TPSA) is 22.1 Å². The molecule has 0 aliphatic heterocycles. The van der Waals surface area contributed by atoms with Crippen LogP contribution in [0.25, 0.3) is 0 Å². The number of nitrogens with zero attached hydrogens (tertiary/aromatic N) is 1. The number of halogens is 2. The molecule has 0 amide bonds. The van der Waals surface area contributed by atoms with Crippen LogP contribution in [0, 0.1) is 9.39 Å². The molecule has 1 aromatic rings. The lowest BCUT2D eigenvalue weighted by Gasteiger charge is -2.01. The molecule has 0 aromatic carbocycles. The molecule has 54 valence electrons. The minimum absolute atomic E-state index is 0.260. The maximum absolute atomic E-state index is 12.7. The molecule has 0 saturated carbocycles. The molecule has 1 aromatic heterocycles. The van der Waals surface area contributed by atoms with Crippen molar-refractivity contribution in [1.82, 2.24) is 4.98 Å². The highest BCUT2D eigenvalue weighted by Gasteiger charge is 2.04. The smallest absolute Gasteiger partial charge is 0.184 e. The summed E-state index contributed by atoms with van der Waals surface area (Å²) in [5.41, 5.74) is 0. The lowest BCUT2D eigenvalue weighted by molar-refractivity contribution is 0.382. The predicted octanol–water partition coefficient (Wildman–Crippen LogP) is 1.83. The Morgan fingerprint density at radius 1 is 1.60 bits per heavy atom. The van der Waals surface area contributed by atoms with Gasteiger partial charge in [0.25, 0.3) is 0 Å². The maximum atomic E-state index is 12.7. The molecular formula is C6H5FINO. The largest absolute Gasteiger partial charge is 0.492 e. The molecule has 0 saturated heterocycles. The van der Waals surface area contributed by atoms with Crippen LogP contribution in [0.4, 0.5) is 4.39 Å². The summed E-state index contributed by atoms with van der Waals surface area (Å²) in [7, 11) is 1.43. The summed E-state index contributed by atoms with van der Waals surface area (Å²) in [6.07, 6.45) is 2.67. The lowest BCUT2D eigenvalue weighted by Crippen LogP contribution is -1.91. The number of hydrogen-bond acceptors (Lipinski definition) is 2. The number of pyridine rings is 1. The first kappa shape index (κ1) is 7.71. The molecular weight excluding hydrogens is 248 g/mol. The van der Waals surface area contributed by atoms with Gasteiger partial charge in [0.2, 0.25) is 0 Å². The molecule has 0 unspecified atom stereocenters. The van der Waals surface area contributed by atoms with Crippen molar-refractivity contribution in [3.05, 3.63) is 21.8 Å². The van der Waals surface area contributed by atoms with Gasteiger partial charge in [0.05, 0.1) is 16.9 Å². The van der Waals surface area contributed by atoms with Gasteiger partial charge in [-0.05, 0) is 22.6 Å². The molecule has 10 heavy (non-hydrogen) atoms. The number of rotatable bonds is 1.